The Morgan fingerprint density at radius 1 is 0.818 bits per heavy atom. The van der Waals surface area contributed by atoms with Crippen LogP contribution >= 0.6 is 11.6 Å². The average Bonchev–Trinajstić information content (AvgIpc) is 2.83. The lowest BCUT2D eigenvalue weighted by Crippen LogP contribution is -2.20. The fourth-order valence-electron chi connectivity index (χ4n) is 2.90. The number of benzene rings is 3. The summed E-state index contributed by atoms with van der Waals surface area (Å²) < 4.78 is 21.1. The molecule has 2 amide bonds. The number of methoxy groups -OCH3 is 3. The van der Waals surface area contributed by atoms with Crippen molar-refractivity contribution < 1.29 is 28.5 Å². The van der Waals surface area contributed by atoms with Gasteiger partial charge in [0, 0.05) is 23.4 Å². The van der Waals surface area contributed by atoms with Crippen LogP contribution in [-0.4, -0.2) is 39.8 Å². The molecule has 0 unspecified atom stereocenters. The molecule has 0 fully saturated rings. The minimum absolute atomic E-state index is 0.190. The molecule has 0 aliphatic heterocycles. The number of rotatable bonds is 9. The quantitative estimate of drug-likeness (QED) is 0.473. The predicted octanol–water partition coefficient (Wildman–Crippen LogP) is 4.64. The van der Waals surface area contributed by atoms with E-state index in [4.69, 9.17) is 30.5 Å². The zero-order valence-corrected chi connectivity index (χ0v) is 19.1. The molecule has 33 heavy (non-hydrogen) atoms. The van der Waals surface area contributed by atoms with E-state index in [0.717, 1.165) is 0 Å². The van der Waals surface area contributed by atoms with Gasteiger partial charge in [-0.25, -0.2) is 0 Å². The van der Waals surface area contributed by atoms with Crippen molar-refractivity contribution in [1.29, 1.82) is 0 Å². The average molecular weight is 471 g/mol. The van der Waals surface area contributed by atoms with Crippen LogP contribution in [0.2, 0.25) is 5.02 Å². The lowest BCUT2D eigenvalue weighted by Gasteiger charge is -2.13. The Bertz CT molecular complexity index is 1130. The highest BCUT2D eigenvalue weighted by molar-refractivity contribution is 6.32. The number of carbonyl (C=O) groups is 2. The van der Waals surface area contributed by atoms with Crippen molar-refractivity contribution in [3.63, 3.8) is 0 Å². The maximum Gasteiger partial charge on any atom is 0.262 e. The van der Waals surface area contributed by atoms with Crippen molar-refractivity contribution in [3.05, 3.63) is 71.2 Å². The first kappa shape index (κ1) is 23.7. The summed E-state index contributed by atoms with van der Waals surface area (Å²) in [6.07, 6.45) is 0. The van der Waals surface area contributed by atoms with Crippen LogP contribution in [0.25, 0.3) is 0 Å². The van der Waals surface area contributed by atoms with Crippen LogP contribution in [0.4, 0.5) is 11.4 Å². The highest BCUT2D eigenvalue weighted by Crippen LogP contribution is 2.36. The molecule has 3 aromatic rings. The third kappa shape index (κ3) is 6.30. The lowest BCUT2D eigenvalue weighted by molar-refractivity contribution is -0.118. The first-order valence-electron chi connectivity index (χ1n) is 9.83. The zero-order valence-electron chi connectivity index (χ0n) is 18.3. The summed E-state index contributed by atoms with van der Waals surface area (Å²) in [5.41, 5.74) is 1.39. The molecule has 0 spiro atoms. The van der Waals surface area contributed by atoms with Gasteiger partial charge in [0.25, 0.3) is 11.8 Å². The van der Waals surface area contributed by atoms with E-state index in [2.05, 4.69) is 10.6 Å². The van der Waals surface area contributed by atoms with Crippen LogP contribution in [0.5, 0.6) is 23.0 Å². The summed E-state index contributed by atoms with van der Waals surface area (Å²) in [4.78, 5) is 24.7. The number of halogens is 1. The topological polar surface area (TPSA) is 95.1 Å². The molecule has 3 aromatic carbocycles. The maximum absolute atomic E-state index is 12.6. The summed E-state index contributed by atoms with van der Waals surface area (Å²) in [6, 6.07) is 16.5. The van der Waals surface area contributed by atoms with Gasteiger partial charge in [-0.15, -0.1) is 0 Å². The van der Waals surface area contributed by atoms with Crippen molar-refractivity contribution in [2.24, 2.45) is 0 Å². The number of hydrogen-bond acceptors (Lipinski definition) is 6. The van der Waals surface area contributed by atoms with Gasteiger partial charge in [-0.3, -0.25) is 9.59 Å². The van der Waals surface area contributed by atoms with Gasteiger partial charge < -0.3 is 29.6 Å². The number of carbonyl (C=O) groups excluding carboxylic acids is 2. The smallest absolute Gasteiger partial charge is 0.262 e. The van der Waals surface area contributed by atoms with E-state index in [-0.39, 0.29) is 18.4 Å². The van der Waals surface area contributed by atoms with Gasteiger partial charge >= 0.3 is 0 Å². The predicted molar refractivity (Wildman–Crippen MR) is 126 cm³/mol. The van der Waals surface area contributed by atoms with Gasteiger partial charge in [0.2, 0.25) is 0 Å². The van der Waals surface area contributed by atoms with Gasteiger partial charge in [0.15, 0.2) is 6.61 Å². The van der Waals surface area contributed by atoms with Crippen LogP contribution in [0, 0.1) is 0 Å². The van der Waals surface area contributed by atoms with Crippen LogP contribution in [0.15, 0.2) is 60.7 Å². The molecule has 0 aromatic heterocycles. The molecule has 0 aliphatic rings. The van der Waals surface area contributed by atoms with Crippen LogP contribution < -0.4 is 29.6 Å². The van der Waals surface area contributed by atoms with Crippen molar-refractivity contribution in [1.82, 2.24) is 0 Å². The fraction of sp³-hybridized carbons (Fsp3) is 0.167. The van der Waals surface area contributed by atoms with Gasteiger partial charge in [-0.2, -0.15) is 0 Å². The van der Waals surface area contributed by atoms with E-state index < -0.39 is 0 Å². The highest BCUT2D eigenvalue weighted by atomic mass is 35.5. The second-order valence-electron chi connectivity index (χ2n) is 6.73. The Labute approximate surface area is 196 Å². The van der Waals surface area contributed by atoms with E-state index in [1.807, 2.05) is 0 Å². The van der Waals surface area contributed by atoms with Gasteiger partial charge in [0.05, 0.1) is 32.0 Å². The van der Waals surface area contributed by atoms with Crippen molar-refractivity contribution in [2.45, 2.75) is 0 Å². The Morgan fingerprint density at radius 3 is 2.21 bits per heavy atom. The molecule has 2 N–H and O–H groups in total. The number of nitrogens with one attached hydrogen (secondary N) is 2. The van der Waals surface area contributed by atoms with Crippen LogP contribution in [0.1, 0.15) is 10.4 Å². The molecule has 0 atom stereocenters. The minimum atomic E-state index is -0.364. The minimum Gasteiger partial charge on any atom is -0.497 e. The summed E-state index contributed by atoms with van der Waals surface area (Å²) in [7, 11) is 4.52. The molecule has 0 saturated carbocycles. The summed E-state index contributed by atoms with van der Waals surface area (Å²) >= 11 is 6.15. The summed E-state index contributed by atoms with van der Waals surface area (Å²) in [5.74, 6) is 1.23. The zero-order chi connectivity index (χ0) is 23.8. The van der Waals surface area contributed by atoms with E-state index in [1.165, 1.54) is 14.2 Å². The van der Waals surface area contributed by atoms with Crippen molar-refractivity contribution >= 4 is 34.8 Å². The standard InChI is InChI=1S/C24H23ClN2O6/c1-30-18-6-4-5-16(11-18)26-23(28)14-33-17-9-7-15(8-10-17)24(29)27-20-12-19(25)21(31-2)13-22(20)32-3/h4-13H,14H2,1-3H3,(H,26,28)(H,27,29). The second kappa shape index (κ2) is 11.1. The third-order valence-electron chi connectivity index (χ3n) is 4.56. The molecule has 0 saturated heterocycles. The number of hydrogen-bond donors (Lipinski definition) is 2. The van der Waals surface area contributed by atoms with Gasteiger partial charge in [0.1, 0.15) is 23.0 Å². The van der Waals surface area contributed by atoms with Crippen LogP contribution in [0.3, 0.4) is 0 Å². The Hall–Kier alpha value is -3.91. The van der Waals surface area contributed by atoms with E-state index in [9.17, 15) is 9.59 Å². The van der Waals surface area contributed by atoms with E-state index in [1.54, 1.807) is 67.8 Å². The third-order valence-corrected chi connectivity index (χ3v) is 4.86. The molecule has 0 radical (unpaired) electrons. The van der Waals surface area contributed by atoms with E-state index >= 15 is 0 Å². The Balaban J connectivity index is 1.58. The number of anilines is 2. The monoisotopic (exact) mass is 470 g/mol. The SMILES string of the molecule is COc1cccc(NC(=O)COc2ccc(C(=O)Nc3cc(Cl)c(OC)cc3OC)cc2)c1. The molecule has 9 heteroatoms. The summed E-state index contributed by atoms with van der Waals surface area (Å²) in [6.45, 7) is -0.190. The van der Waals surface area contributed by atoms with Crippen molar-refractivity contribution in [3.8, 4) is 23.0 Å². The Kier molecular flexibility index (Phi) is 7.99. The first-order valence-corrected chi connectivity index (χ1v) is 10.2. The number of amides is 2. The van der Waals surface area contributed by atoms with Gasteiger partial charge in [-0.05, 0) is 42.5 Å². The van der Waals surface area contributed by atoms with E-state index in [0.29, 0.717) is 45.0 Å². The lowest BCUT2D eigenvalue weighted by atomic mass is 10.2. The fourth-order valence-corrected chi connectivity index (χ4v) is 3.14. The molecular weight excluding hydrogens is 448 g/mol. The molecule has 0 aliphatic carbocycles. The molecule has 172 valence electrons. The molecule has 0 heterocycles. The first-order chi connectivity index (χ1) is 15.9. The largest absolute Gasteiger partial charge is 0.497 e. The normalized spacial score (nSPS) is 10.2. The van der Waals surface area contributed by atoms with Crippen molar-refractivity contribution in [2.75, 3.05) is 38.6 Å². The van der Waals surface area contributed by atoms with Crippen LogP contribution in [-0.2, 0) is 4.79 Å². The molecule has 3 rings (SSSR count). The maximum atomic E-state index is 12.6. The highest BCUT2D eigenvalue weighted by Gasteiger charge is 2.14. The Morgan fingerprint density at radius 2 is 1.55 bits per heavy atom. The second-order valence-corrected chi connectivity index (χ2v) is 7.14. The number of ether oxygens (including phenoxy) is 4. The van der Waals surface area contributed by atoms with Gasteiger partial charge in [-0.1, -0.05) is 17.7 Å². The summed E-state index contributed by atoms with van der Waals surface area (Å²) in [5, 5.41) is 5.82. The molecule has 8 nitrogen and oxygen atoms in total. The molecular formula is C24H23ClN2O6. The molecule has 0 bridgehead atoms.